The van der Waals surface area contributed by atoms with E-state index in [0.29, 0.717) is 6.04 Å². The van der Waals surface area contributed by atoms with E-state index in [1.807, 2.05) is 25.5 Å². The van der Waals surface area contributed by atoms with E-state index < -0.39 is 0 Å². The molecule has 16 heavy (non-hydrogen) atoms. The standard InChI is InChI=1S/C11H15N5/c1-8-9(6-13-15-8)7-16-5-4-12-11(16)14-10-2-3-10/h4-6,10H,2-3,7H2,1H3,(H,12,14)(H,13,15). The van der Waals surface area contributed by atoms with E-state index in [0.717, 1.165) is 18.2 Å². The van der Waals surface area contributed by atoms with Crippen molar-refractivity contribution in [2.75, 3.05) is 5.32 Å². The molecule has 3 rings (SSSR count). The summed E-state index contributed by atoms with van der Waals surface area (Å²) in [6.45, 7) is 2.85. The summed E-state index contributed by atoms with van der Waals surface area (Å²) < 4.78 is 2.12. The van der Waals surface area contributed by atoms with E-state index >= 15 is 0 Å². The van der Waals surface area contributed by atoms with Crippen LogP contribution in [0.25, 0.3) is 0 Å². The molecule has 5 nitrogen and oxygen atoms in total. The van der Waals surface area contributed by atoms with Gasteiger partial charge in [0.2, 0.25) is 5.95 Å². The molecule has 0 amide bonds. The summed E-state index contributed by atoms with van der Waals surface area (Å²) in [6, 6.07) is 0.631. The van der Waals surface area contributed by atoms with Gasteiger partial charge in [-0.3, -0.25) is 5.10 Å². The molecule has 1 fully saturated rings. The van der Waals surface area contributed by atoms with Crippen LogP contribution in [0.15, 0.2) is 18.6 Å². The fraction of sp³-hybridized carbons (Fsp3) is 0.455. The van der Waals surface area contributed by atoms with Crippen LogP contribution in [0.2, 0.25) is 0 Å². The fourth-order valence-corrected chi connectivity index (χ4v) is 1.71. The van der Waals surface area contributed by atoms with Crippen molar-refractivity contribution in [3.63, 3.8) is 0 Å². The van der Waals surface area contributed by atoms with Crippen molar-refractivity contribution in [2.24, 2.45) is 0 Å². The largest absolute Gasteiger partial charge is 0.353 e. The number of imidazole rings is 1. The topological polar surface area (TPSA) is 58.5 Å². The molecular weight excluding hydrogens is 202 g/mol. The van der Waals surface area contributed by atoms with Crippen LogP contribution in [0.3, 0.4) is 0 Å². The van der Waals surface area contributed by atoms with Crippen molar-refractivity contribution < 1.29 is 0 Å². The van der Waals surface area contributed by atoms with Crippen LogP contribution in [0.5, 0.6) is 0 Å². The molecule has 1 saturated carbocycles. The number of anilines is 1. The number of hydrogen-bond donors (Lipinski definition) is 2. The molecule has 2 heterocycles. The first-order valence-electron chi connectivity index (χ1n) is 5.59. The predicted octanol–water partition coefficient (Wildman–Crippen LogP) is 1.54. The highest BCUT2D eigenvalue weighted by Crippen LogP contribution is 2.24. The number of aryl methyl sites for hydroxylation is 1. The van der Waals surface area contributed by atoms with Gasteiger partial charge >= 0.3 is 0 Å². The van der Waals surface area contributed by atoms with Crippen molar-refractivity contribution in [3.8, 4) is 0 Å². The third-order valence-corrected chi connectivity index (χ3v) is 2.90. The lowest BCUT2D eigenvalue weighted by molar-refractivity contribution is 0.792. The Balaban J connectivity index is 1.78. The second-order valence-corrected chi connectivity index (χ2v) is 4.32. The first kappa shape index (κ1) is 9.45. The molecule has 1 aliphatic carbocycles. The normalized spacial score (nSPS) is 15.3. The van der Waals surface area contributed by atoms with Crippen molar-refractivity contribution in [2.45, 2.75) is 32.4 Å². The molecular formula is C11H15N5. The SMILES string of the molecule is Cc1[nH]ncc1Cn1ccnc1NC1CC1. The van der Waals surface area contributed by atoms with Gasteiger partial charge in [0.1, 0.15) is 0 Å². The second kappa shape index (κ2) is 3.66. The molecule has 0 unspecified atom stereocenters. The van der Waals surface area contributed by atoms with Gasteiger partial charge in [-0.1, -0.05) is 0 Å². The summed E-state index contributed by atoms with van der Waals surface area (Å²) in [6.07, 6.45) is 8.22. The monoisotopic (exact) mass is 217 g/mol. The molecule has 1 aliphatic rings. The maximum absolute atomic E-state index is 4.33. The van der Waals surface area contributed by atoms with Crippen molar-refractivity contribution >= 4 is 5.95 Å². The van der Waals surface area contributed by atoms with Crippen molar-refractivity contribution in [1.29, 1.82) is 0 Å². The van der Waals surface area contributed by atoms with Crippen LogP contribution in [-0.4, -0.2) is 25.8 Å². The Morgan fingerprint density at radius 2 is 2.44 bits per heavy atom. The van der Waals surface area contributed by atoms with Crippen LogP contribution >= 0.6 is 0 Å². The molecule has 0 spiro atoms. The number of rotatable bonds is 4. The van der Waals surface area contributed by atoms with Gasteiger partial charge in [-0.05, 0) is 19.8 Å². The smallest absolute Gasteiger partial charge is 0.203 e. The molecule has 2 aromatic rings. The van der Waals surface area contributed by atoms with Crippen LogP contribution in [0.1, 0.15) is 24.1 Å². The lowest BCUT2D eigenvalue weighted by atomic mass is 10.2. The zero-order valence-electron chi connectivity index (χ0n) is 9.27. The Labute approximate surface area is 93.9 Å². The van der Waals surface area contributed by atoms with Gasteiger partial charge in [-0.15, -0.1) is 0 Å². The minimum atomic E-state index is 0.631. The Morgan fingerprint density at radius 1 is 1.56 bits per heavy atom. The second-order valence-electron chi connectivity index (χ2n) is 4.32. The first-order valence-corrected chi connectivity index (χ1v) is 5.59. The van der Waals surface area contributed by atoms with E-state index in [9.17, 15) is 0 Å². The molecule has 2 aromatic heterocycles. The minimum absolute atomic E-state index is 0.631. The van der Waals surface area contributed by atoms with Crippen LogP contribution in [0.4, 0.5) is 5.95 Å². The molecule has 0 aliphatic heterocycles. The van der Waals surface area contributed by atoms with Gasteiger partial charge in [-0.2, -0.15) is 5.10 Å². The van der Waals surface area contributed by atoms with Crippen LogP contribution < -0.4 is 5.32 Å². The van der Waals surface area contributed by atoms with Gasteiger partial charge in [0, 0.05) is 29.7 Å². The van der Waals surface area contributed by atoms with Gasteiger partial charge in [0.15, 0.2) is 0 Å². The van der Waals surface area contributed by atoms with Crippen molar-refractivity contribution in [3.05, 3.63) is 29.8 Å². The summed E-state index contributed by atoms with van der Waals surface area (Å²) in [5, 5.41) is 10.4. The third kappa shape index (κ3) is 1.80. The summed E-state index contributed by atoms with van der Waals surface area (Å²) in [5.41, 5.74) is 2.32. The summed E-state index contributed by atoms with van der Waals surface area (Å²) in [4.78, 5) is 4.33. The number of aromatic amines is 1. The summed E-state index contributed by atoms with van der Waals surface area (Å²) in [7, 11) is 0. The highest BCUT2D eigenvalue weighted by atomic mass is 15.2. The van der Waals surface area contributed by atoms with Crippen molar-refractivity contribution in [1.82, 2.24) is 19.7 Å². The number of hydrogen-bond acceptors (Lipinski definition) is 3. The van der Waals surface area contributed by atoms with E-state index in [2.05, 4.69) is 25.1 Å². The molecule has 5 heteroatoms. The summed E-state index contributed by atoms with van der Waals surface area (Å²) >= 11 is 0. The highest BCUT2D eigenvalue weighted by Gasteiger charge is 2.22. The van der Waals surface area contributed by atoms with Gasteiger partial charge in [0.05, 0.1) is 12.7 Å². The molecule has 0 atom stereocenters. The molecule has 0 bridgehead atoms. The molecule has 0 saturated heterocycles. The van der Waals surface area contributed by atoms with Crippen LogP contribution in [-0.2, 0) is 6.54 Å². The third-order valence-electron chi connectivity index (χ3n) is 2.90. The minimum Gasteiger partial charge on any atom is -0.353 e. The van der Waals surface area contributed by atoms with E-state index in [1.165, 1.54) is 18.4 Å². The van der Waals surface area contributed by atoms with Gasteiger partial charge in [-0.25, -0.2) is 4.98 Å². The predicted molar refractivity (Wildman–Crippen MR) is 61.3 cm³/mol. The average Bonchev–Trinajstić information content (AvgIpc) is 2.84. The highest BCUT2D eigenvalue weighted by molar-refractivity contribution is 5.31. The van der Waals surface area contributed by atoms with E-state index in [-0.39, 0.29) is 0 Å². The first-order chi connectivity index (χ1) is 7.83. The Kier molecular flexibility index (Phi) is 2.16. The Bertz CT molecular complexity index is 480. The number of aromatic nitrogens is 4. The average molecular weight is 217 g/mol. The number of H-pyrrole nitrogens is 1. The van der Waals surface area contributed by atoms with Gasteiger partial charge in [0.25, 0.3) is 0 Å². The zero-order chi connectivity index (χ0) is 11.0. The zero-order valence-corrected chi connectivity index (χ0v) is 9.27. The fourth-order valence-electron chi connectivity index (χ4n) is 1.71. The number of nitrogens with zero attached hydrogens (tertiary/aromatic N) is 3. The molecule has 2 N–H and O–H groups in total. The van der Waals surface area contributed by atoms with Gasteiger partial charge < -0.3 is 9.88 Å². The number of nitrogens with one attached hydrogen (secondary N) is 2. The Hall–Kier alpha value is -1.78. The van der Waals surface area contributed by atoms with E-state index in [1.54, 1.807) is 0 Å². The lowest BCUT2D eigenvalue weighted by Gasteiger charge is -2.08. The Morgan fingerprint density at radius 3 is 3.12 bits per heavy atom. The summed E-state index contributed by atoms with van der Waals surface area (Å²) in [5.74, 6) is 0.961. The maximum atomic E-state index is 4.33. The van der Waals surface area contributed by atoms with Crippen LogP contribution in [0, 0.1) is 6.92 Å². The van der Waals surface area contributed by atoms with E-state index in [4.69, 9.17) is 0 Å². The molecule has 0 aromatic carbocycles. The lowest BCUT2D eigenvalue weighted by Crippen LogP contribution is -2.09. The molecule has 84 valence electrons. The quantitative estimate of drug-likeness (QED) is 0.816. The maximum Gasteiger partial charge on any atom is 0.203 e. The molecule has 0 radical (unpaired) electrons.